The molecule has 3 aliphatic rings. The highest BCUT2D eigenvalue weighted by atomic mass is 32.2. The molecule has 0 bridgehead atoms. The Balaban J connectivity index is 1.19. The first-order chi connectivity index (χ1) is 23.6. The van der Waals surface area contributed by atoms with Crippen LogP contribution < -0.4 is 27.0 Å². The molecule has 2 unspecified atom stereocenters. The first-order valence-electron chi connectivity index (χ1n) is 16.9. The van der Waals surface area contributed by atoms with Crippen molar-refractivity contribution in [1.29, 1.82) is 0 Å². The van der Waals surface area contributed by atoms with Crippen LogP contribution >= 0.6 is 0 Å². The number of ether oxygens (including phenoxy) is 2. The fourth-order valence-electron chi connectivity index (χ4n) is 6.76. The molecule has 1 saturated heterocycles. The topological polar surface area (TPSA) is 164 Å². The minimum absolute atomic E-state index is 0.121. The Labute approximate surface area is 288 Å². The summed E-state index contributed by atoms with van der Waals surface area (Å²) in [6.07, 6.45) is 3.23. The van der Waals surface area contributed by atoms with Crippen molar-refractivity contribution >= 4 is 38.9 Å². The zero-order valence-electron chi connectivity index (χ0n) is 28.0. The summed E-state index contributed by atoms with van der Waals surface area (Å²) in [7, 11) is -2.06. The predicted octanol–water partition coefficient (Wildman–Crippen LogP) is 3.88. The second-order valence-corrected chi connectivity index (χ2v) is 15.0. The Morgan fingerprint density at radius 2 is 1.69 bits per heavy atom. The zero-order chi connectivity index (χ0) is 34.5. The van der Waals surface area contributed by atoms with Crippen LogP contribution in [0.3, 0.4) is 0 Å². The number of nitrogens with zero attached hydrogens (tertiary/aromatic N) is 1. The Morgan fingerprint density at radius 3 is 2.39 bits per heavy atom. The predicted molar refractivity (Wildman–Crippen MR) is 189 cm³/mol. The van der Waals surface area contributed by atoms with Gasteiger partial charge in [-0.1, -0.05) is 30.3 Å². The maximum atomic E-state index is 13.8. The van der Waals surface area contributed by atoms with Gasteiger partial charge in [0.25, 0.3) is 0 Å². The molecule has 13 heteroatoms. The normalized spacial score (nSPS) is 21.6. The Morgan fingerprint density at radius 1 is 0.980 bits per heavy atom. The van der Waals surface area contributed by atoms with Crippen molar-refractivity contribution in [2.24, 2.45) is 17.6 Å². The lowest BCUT2D eigenvalue weighted by Crippen LogP contribution is -2.48. The van der Waals surface area contributed by atoms with E-state index in [1.54, 1.807) is 25.3 Å². The van der Waals surface area contributed by atoms with Crippen molar-refractivity contribution in [3.05, 3.63) is 71.8 Å². The summed E-state index contributed by atoms with van der Waals surface area (Å²) in [6.45, 7) is 3.99. The van der Waals surface area contributed by atoms with Crippen molar-refractivity contribution in [1.82, 2.24) is 9.62 Å². The van der Waals surface area contributed by atoms with Crippen molar-refractivity contribution in [2.75, 3.05) is 55.9 Å². The molecule has 262 valence electrons. The number of fused-ring (bicyclic) bond motifs is 1. The Hall–Kier alpha value is -4.01. The number of nitrogens with one attached hydrogen (secondary N) is 4. The quantitative estimate of drug-likeness (QED) is 0.201. The van der Waals surface area contributed by atoms with Gasteiger partial charge in [0.1, 0.15) is 6.04 Å². The smallest absolute Gasteiger partial charge is 0.247 e. The summed E-state index contributed by atoms with van der Waals surface area (Å²) in [5.74, 6) is -0.167. The van der Waals surface area contributed by atoms with E-state index in [9.17, 15) is 18.0 Å². The largest absolute Gasteiger partial charge is 0.379 e. The van der Waals surface area contributed by atoms with E-state index in [-0.39, 0.29) is 35.4 Å². The van der Waals surface area contributed by atoms with Crippen molar-refractivity contribution in [3.63, 3.8) is 0 Å². The molecule has 0 radical (unpaired) electrons. The van der Waals surface area contributed by atoms with Gasteiger partial charge in [0.15, 0.2) is 0 Å². The highest BCUT2D eigenvalue weighted by Gasteiger charge is 2.30. The molecule has 2 atom stereocenters. The Kier molecular flexibility index (Phi) is 10.8. The molecule has 2 aliphatic heterocycles. The number of nitrogens with two attached hydrogens (primary N) is 1. The van der Waals surface area contributed by atoms with Crippen LogP contribution in [-0.4, -0.2) is 76.9 Å². The van der Waals surface area contributed by atoms with Gasteiger partial charge >= 0.3 is 0 Å². The van der Waals surface area contributed by atoms with Gasteiger partial charge in [-0.3, -0.25) is 9.59 Å². The van der Waals surface area contributed by atoms with E-state index in [0.29, 0.717) is 44.5 Å². The third-order valence-corrected chi connectivity index (χ3v) is 11.7. The van der Waals surface area contributed by atoms with E-state index >= 15 is 0 Å². The van der Waals surface area contributed by atoms with Gasteiger partial charge in [0.2, 0.25) is 28.2 Å². The van der Waals surface area contributed by atoms with Gasteiger partial charge in [0, 0.05) is 38.2 Å². The molecule has 49 heavy (non-hydrogen) atoms. The molecule has 12 nitrogen and oxygen atoms in total. The molecule has 6 N–H and O–H groups in total. The molecule has 2 amide bonds. The molecular formula is C36H46N6O6S. The number of rotatable bonds is 11. The number of anilines is 3. The summed E-state index contributed by atoms with van der Waals surface area (Å²) < 4.78 is 38.8. The van der Waals surface area contributed by atoms with Crippen LogP contribution in [0.25, 0.3) is 11.1 Å². The molecule has 1 saturated carbocycles. The molecule has 1 aliphatic carbocycles. The second-order valence-electron chi connectivity index (χ2n) is 13.1. The molecule has 0 aromatic heterocycles. The lowest BCUT2D eigenvalue weighted by atomic mass is 9.81. The van der Waals surface area contributed by atoms with Crippen LogP contribution in [0.15, 0.2) is 65.6 Å². The fourth-order valence-corrected chi connectivity index (χ4v) is 8.19. The average Bonchev–Trinajstić information content (AvgIpc) is 3.55. The monoisotopic (exact) mass is 690 g/mol. The highest BCUT2D eigenvalue weighted by Crippen LogP contribution is 2.33. The van der Waals surface area contributed by atoms with Gasteiger partial charge in [0.05, 0.1) is 29.5 Å². The summed E-state index contributed by atoms with van der Waals surface area (Å²) in [5.41, 5.74) is 11.6. The third-order valence-electron chi connectivity index (χ3n) is 9.80. The summed E-state index contributed by atoms with van der Waals surface area (Å²) in [4.78, 5) is 27.5. The lowest BCUT2D eigenvalue weighted by Gasteiger charge is -2.28. The van der Waals surface area contributed by atoms with E-state index in [1.807, 2.05) is 49.4 Å². The minimum Gasteiger partial charge on any atom is -0.379 e. The fraction of sp³-hybridized carbons (Fsp3) is 0.444. The van der Waals surface area contributed by atoms with E-state index < -0.39 is 16.1 Å². The summed E-state index contributed by atoms with van der Waals surface area (Å²) >= 11 is 0. The number of benzene rings is 3. The highest BCUT2D eigenvalue weighted by molar-refractivity contribution is 7.89. The van der Waals surface area contributed by atoms with Crippen molar-refractivity contribution < 1.29 is 27.5 Å². The van der Waals surface area contributed by atoms with E-state index in [0.717, 1.165) is 59.3 Å². The number of sulfonamides is 1. The van der Waals surface area contributed by atoms with Crippen LogP contribution in [0.1, 0.15) is 36.8 Å². The number of carbonyl (C=O) groups is 2. The van der Waals surface area contributed by atoms with Crippen LogP contribution in [0.2, 0.25) is 0 Å². The molecule has 2 fully saturated rings. The van der Waals surface area contributed by atoms with E-state index in [1.165, 1.54) is 4.31 Å². The van der Waals surface area contributed by atoms with Crippen LogP contribution in [0.5, 0.6) is 0 Å². The zero-order valence-corrected chi connectivity index (χ0v) is 28.9. The van der Waals surface area contributed by atoms with E-state index in [4.69, 9.17) is 15.2 Å². The van der Waals surface area contributed by atoms with Gasteiger partial charge in [-0.25, -0.2) is 8.42 Å². The van der Waals surface area contributed by atoms with Gasteiger partial charge in [-0.05, 0) is 97.7 Å². The van der Waals surface area contributed by atoms with Crippen molar-refractivity contribution in [3.8, 4) is 11.1 Å². The molecule has 0 spiro atoms. The van der Waals surface area contributed by atoms with Crippen LogP contribution in [-0.2, 0) is 35.5 Å². The first-order valence-corrected chi connectivity index (χ1v) is 18.4. The maximum absolute atomic E-state index is 13.8. The standard InChI is InChI=1S/C36H46N6O6S/c1-23-3-13-29(49(45,46)42-15-17-48-18-16-42)21-30(23)26-8-4-24(5-9-26)19-33(39-34(43)27-10-6-25(22-37)7-11-27)35(44)38-28-12-14-31-32(20-28)41-36(40-31)47-2/h3-5,8-9,12-14,20-21,25,27,33,36,40-41H,6-7,10-11,15-19,22,37H2,1-2H3,(H,38,44)(H,39,43). The molecule has 6 rings (SSSR count). The molecule has 2 heterocycles. The van der Waals surface area contributed by atoms with Gasteiger partial charge in [-0.2, -0.15) is 4.31 Å². The molecular weight excluding hydrogens is 644 g/mol. The Bertz CT molecular complexity index is 1750. The van der Waals surface area contributed by atoms with Crippen LogP contribution in [0, 0.1) is 18.8 Å². The van der Waals surface area contributed by atoms with Gasteiger partial charge in [-0.15, -0.1) is 0 Å². The number of hydrogen-bond acceptors (Lipinski definition) is 9. The molecule has 3 aromatic rings. The molecule has 3 aromatic carbocycles. The SMILES string of the molecule is COC1Nc2ccc(NC(=O)C(Cc3ccc(-c4cc(S(=O)(=O)N5CCOCC5)ccc4C)cc3)NC(=O)C3CCC(CN)CC3)cc2N1. The van der Waals surface area contributed by atoms with Crippen LogP contribution in [0.4, 0.5) is 17.1 Å². The number of amides is 2. The van der Waals surface area contributed by atoms with E-state index in [2.05, 4.69) is 21.3 Å². The average molecular weight is 691 g/mol. The number of morpholine rings is 1. The summed E-state index contributed by atoms with van der Waals surface area (Å²) in [6, 6.07) is 17.6. The minimum atomic E-state index is -3.65. The maximum Gasteiger partial charge on any atom is 0.247 e. The third kappa shape index (κ3) is 8.08. The van der Waals surface area contributed by atoms with Crippen molar-refractivity contribution in [2.45, 2.75) is 56.3 Å². The second kappa shape index (κ2) is 15.3. The number of aryl methyl sites for hydroxylation is 1. The number of hydrogen-bond donors (Lipinski definition) is 5. The summed E-state index contributed by atoms with van der Waals surface area (Å²) in [5, 5.41) is 12.4. The number of carbonyl (C=O) groups excluding carboxylic acids is 2. The first kappa shape index (κ1) is 34.8. The lowest BCUT2D eigenvalue weighted by molar-refractivity contribution is -0.130. The number of methoxy groups -OCH3 is 1. The van der Waals surface area contributed by atoms with Gasteiger partial charge < -0.3 is 36.5 Å².